The molecular formula is C22H29BrClNO2. The average Bonchev–Trinajstić information content (AvgIpc) is 2.67. The molecule has 1 saturated carbocycles. The number of rotatable bonds is 8. The van der Waals surface area contributed by atoms with Crippen LogP contribution in [0.15, 0.2) is 46.9 Å². The summed E-state index contributed by atoms with van der Waals surface area (Å²) in [7, 11) is 0. The van der Waals surface area contributed by atoms with Gasteiger partial charge in [0.05, 0.1) is 11.1 Å². The van der Waals surface area contributed by atoms with E-state index in [0.717, 1.165) is 28.1 Å². The Morgan fingerprint density at radius 3 is 2.44 bits per heavy atom. The lowest BCUT2D eigenvalue weighted by atomic mass is 9.95. The summed E-state index contributed by atoms with van der Waals surface area (Å²) in [6.45, 7) is 4.01. The summed E-state index contributed by atoms with van der Waals surface area (Å²) in [6.07, 6.45) is 6.65. The van der Waals surface area contributed by atoms with Crippen molar-refractivity contribution in [1.29, 1.82) is 0 Å². The van der Waals surface area contributed by atoms with Gasteiger partial charge >= 0.3 is 0 Å². The number of halogens is 2. The van der Waals surface area contributed by atoms with E-state index >= 15 is 0 Å². The Balaban J connectivity index is 0.00000261. The van der Waals surface area contributed by atoms with E-state index < -0.39 is 0 Å². The van der Waals surface area contributed by atoms with Crippen molar-refractivity contribution in [3.63, 3.8) is 0 Å². The predicted octanol–water partition coefficient (Wildman–Crippen LogP) is 6.27. The number of nitrogens with one attached hydrogen (secondary N) is 1. The van der Waals surface area contributed by atoms with Crippen LogP contribution in [0.2, 0.25) is 0 Å². The minimum absolute atomic E-state index is 0. The first-order chi connectivity index (χ1) is 12.8. The monoisotopic (exact) mass is 453 g/mol. The molecule has 0 bridgehead atoms. The van der Waals surface area contributed by atoms with Gasteiger partial charge in [-0.25, -0.2) is 0 Å². The Kier molecular flexibility index (Phi) is 9.46. The average molecular weight is 455 g/mol. The lowest BCUT2D eigenvalue weighted by Gasteiger charge is -2.23. The summed E-state index contributed by atoms with van der Waals surface area (Å²) in [4.78, 5) is 0. The van der Waals surface area contributed by atoms with Crippen LogP contribution in [0, 0.1) is 0 Å². The zero-order chi connectivity index (χ0) is 18.2. The molecule has 0 unspecified atom stereocenters. The van der Waals surface area contributed by atoms with Gasteiger partial charge in [0.15, 0.2) is 11.5 Å². The second-order valence-electron chi connectivity index (χ2n) is 6.83. The fraction of sp³-hybridized carbons (Fsp3) is 0.455. The van der Waals surface area contributed by atoms with Gasteiger partial charge in [-0.2, -0.15) is 0 Å². The topological polar surface area (TPSA) is 30.5 Å². The molecule has 2 aromatic rings. The molecule has 0 aromatic heterocycles. The molecule has 5 heteroatoms. The molecular weight excluding hydrogens is 426 g/mol. The maximum absolute atomic E-state index is 6.06. The first-order valence-electron chi connectivity index (χ1n) is 9.61. The van der Waals surface area contributed by atoms with E-state index in [1.807, 2.05) is 25.1 Å². The summed E-state index contributed by atoms with van der Waals surface area (Å²) >= 11 is 3.67. The van der Waals surface area contributed by atoms with E-state index in [1.54, 1.807) is 0 Å². The summed E-state index contributed by atoms with van der Waals surface area (Å²) in [5.74, 6) is 1.58. The number of benzene rings is 2. The Bertz CT molecular complexity index is 690. The number of hydrogen-bond donors (Lipinski definition) is 1. The predicted molar refractivity (Wildman–Crippen MR) is 117 cm³/mol. The SMILES string of the molecule is CCOc1cc(CNC2CCCCC2)cc(Br)c1OCc1ccccc1.Cl. The van der Waals surface area contributed by atoms with Crippen molar-refractivity contribution in [2.24, 2.45) is 0 Å². The fourth-order valence-corrected chi connectivity index (χ4v) is 4.03. The van der Waals surface area contributed by atoms with Crippen molar-refractivity contribution in [3.05, 3.63) is 58.1 Å². The van der Waals surface area contributed by atoms with Crippen molar-refractivity contribution in [3.8, 4) is 11.5 Å². The van der Waals surface area contributed by atoms with Crippen molar-refractivity contribution >= 4 is 28.3 Å². The molecule has 2 aromatic carbocycles. The van der Waals surface area contributed by atoms with Gasteiger partial charge in [-0.1, -0.05) is 49.6 Å². The lowest BCUT2D eigenvalue weighted by Crippen LogP contribution is -2.30. The van der Waals surface area contributed by atoms with Crippen molar-refractivity contribution < 1.29 is 9.47 Å². The highest BCUT2D eigenvalue weighted by molar-refractivity contribution is 9.10. The Hall–Kier alpha value is -1.23. The van der Waals surface area contributed by atoms with Gasteiger partial charge in [-0.3, -0.25) is 0 Å². The fourth-order valence-electron chi connectivity index (χ4n) is 3.43. The molecule has 0 radical (unpaired) electrons. The van der Waals surface area contributed by atoms with Gasteiger partial charge in [0.25, 0.3) is 0 Å². The van der Waals surface area contributed by atoms with E-state index in [-0.39, 0.29) is 12.4 Å². The van der Waals surface area contributed by atoms with Crippen molar-refractivity contribution in [2.75, 3.05) is 6.61 Å². The van der Waals surface area contributed by atoms with Gasteiger partial charge in [0, 0.05) is 12.6 Å². The molecule has 3 nitrogen and oxygen atoms in total. The smallest absolute Gasteiger partial charge is 0.175 e. The van der Waals surface area contributed by atoms with Gasteiger partial charge in [0.1, 0.15) is 6.61 Å². The molecule has 148 valence electrons. The molecule has 0 aliphatic heterocycles. The molecule has 0 atom stereocenters. The number of hydrogen-bond acceptors (Lipinski definition) is 3. The molecule has 3 rings (SSSR count). The van der Waals surface area contributed by atoms with Gasteiger partial charge in [-0.15, -0.1) is 12.4 Å². The minimum atomic E-state index is 0. The summed E-state index contributed by atoms with van der Waals surface area (Å²) < 4.78 is 12.9. The van der Waals surface area contributed by atoms with E-state index in [4.69, 9.17) is 9.47 Å². The molecule has 1 aliphatic carbocycles. The molecule has 0 heterocycles. The van der Waals surface area contributed by atoms with Gasteiger partial charge in [-0.05, 0) is 59.0 Å². The largest absolute Gasteiger partial charge is 0.490 e. The van der Waals surface area contributed by atoms with Crippen molar-refractivity contribution in [2.45, 2.75) is 58.2 Å². The second kappa shape index (κ2) is 11.6. The van der Waals surface area contributed by atoms with Crippen LogP contribution >= 0.6 is 28.3 Å². The summed E-state index contributed by atoms with van der Waals surface area (Å²) in [6, 6.07) is 15.1. The highest BCUT2D eigenvalue weighted by atomic mass is 79.9. The van der Waals surface area contributed by atoms with Crippen LogP contribution in [0.25, 0.3) is 0 Å². The normalized spacial score (nSPS) is 14.4. The minimum Gasteiger partial charge on any atom is -0.490 e. The third kappa shape index (κ3) is 6.70. The summed E-state index contributed by atoms with van der Waals surface area (Å²) in [5, 5.41) is 3.69. The molecule has 27 heavy (non-hydrogen) atoms. The molecule has 0 spiro atoms. The van der Waals surface area contributed by atoms with E-state index in [9.17, 15) is 0 Å². The van der Waals surface area contributed by atoms with E-state index in [0.29, 0.717) is 19.3 Å². The molecule has 1 N–H and O–H groups in total. The first-order valence-corrected chi connectivity index (χ1v) is 10.4. The zero-order valence-electron chi connectivity index (χ0n) is 15.9. The Morgan fingerprint density at radius 1 is 1.00 bits per heavy atom. The van der Waals surface area contributed by atoms with Crippen LogP contribution in [0.5, 0.6) is 11.5 Å². The quantitative estimate of drug-likeness (QED) is 0.510. The maximum Gasteiger partial charge on any atom is 0.175 e. The lowest BCUT2D eigenvalue weighted by molar-refractivity contribution is 0.267. The molecule has 1 aliphatic rings. The van der Waals surface area contributed by atoms with Crippen LogP contribution < -0.4 is 14.8 Å². The highest BCUT2D eigenvalue weighted by Gasteiger charge is 2.15. The third-order valence-electron chi connectivity index (χ3n) is 4.80. The summed E-state index contributed by atoms with van der Waals surface area (Å²) in [5.41, 5.74) is 2.36. The Morgan fingerprint density at radius 2 is 1.74 bits per heavy atom. The molecule has 0 amide bonds. The van der Waals surface area contributed by atoms with E-state index in [2.05, 4.69) is 45.5 Å². The van der Waals surface area contributed by atoms with Crippen molar-refractivity contribution in [1.82, 2.24) is 5.32 Å². The molecule has 0 saturated heterocycles. The third-order valence-corrected chi connectivity index (χ3v) is 5.38. The van der Waals surface area contributed by atoms with Crippen LogP contribution in [0.3, 0.4) is 0 Å². The highest BCUT2D eigenvalue weighted by Crippen LogP contribution is 2.37. The maximum atomic E-state index is 6.06. The second-order valence-corrected chi connectivity index (χ2v) is 7.68. The van der Waals surface area contributed by atoms with Gasteiger partial charge < -0.3 is 14.8 Å². The van der Waals surface area contributed by atoms with Crippen LogP contribution in [0.1, 0.15) is 50.2 Å². The standard InChI is InChI=1S/C22H28BrNO2.ClH/c1-2-25-21-14-18(15-24-19-11-7-4-8-12-19)13-20(23)22(21)26-16-17-9-5-3-6-10-17;/h3,5-6,9-10,13-14,19,24H,2,4,7-8,11-12,15-16H2,1H3;1H. The zero-order valence-corrected chi connectivity index (χ0v) is 18.3. The van der Waals surface area contributed by atoms with Crippen LogP contribution in [-0.2, 0) is 13.2 Å². The van der Waals surface area contributed by atoms with Crippen LogP contribution in [0.4, 0.5) is 0 Å². The molecule has 1 fully saturated rings. The van der Waals surface area contributed by atoms with Crippen LogP contribution in [-0.4, -0.2) is 12.6 Å². The number of ether oxygens (including phenoxy) is 2. The van der Waals surface area contributed by atoms with Gasteiger partial charge in [0.2, 0.25) is 0 Å². The first kappa shape index (κ1) is 22.1. The van der Waals surface area contributed by atoms with E-state index in [1.165, 1.54) is 37.7 Å². The Labute approximate surface area is 177 Å².